The van der Waals surface area contributed by atoms with Crippen molar-refractivity contribution in [1.82, 2.24) is 9.78 Å². The Kier molecular flexibility index (Phi) is 2.29. The molecular weight excluding hydrogens is 202 g/mol. The lowest BCUT2D eigenvalue weighted by Gasteiger charge is -2.04. The molecule has 84 valence electrons. The van der Waals surface area contributed by atoms with Crippen molar-refractivity contribution in [3.8, 4) is 0 Å². The summed E-state index contributed by atoms with van der Waals surface area (Å²) in [6.07, 6.45) is 2.62. The van der Waals surface area contributed by atoms with E-state index < -0.39 is 0 Å². The van der Waals surface area contributed by atoms with Crippen molar-refractivity contribution in [1.29, 1.82) is 0 Å². The first-order valence-electron chi connectivity index (χ1n) is 5.63. The lowest BCUT2D eigenvalue weighted by molar-refractivity contribution is 0.0642. The maximum atomic E-state index is 5.83. The molecule has 0 spiro atoms. The van der Waals surface area contributed by atoms with Gasteiger partial charge in [0, 0.05) is 5.39 Å². The average molecular weight is 217 g/mol. The van der Waals surface area contributed by atoms with Gasteiger partial charge in [-0.3, -0.25) is 0 Å². The second-order valence-electron chi connectivity index (χ2n) is 4.35. The molecule has 0 bridgehead atoms. The van der Waals surface area contributed by atoms with Crippen LogP contribution in [-0.4, -0.2) is 16.4 Å². The molecule has 0 atom stereocenters. The standard InChI is InChI=1S/C12H15N3O/c13-12-10-3-1-2-4-11(10)15(14-12)8-16-7-9-5-6-9/h1-4,9H,5-8H2,(H2,13,14). The van der Waals surface area contributed by atoms with Crippen molar-refractivity contribution in [2.45, 2.75) is 19.6 Å². The topological polar surface area (TPSA) is 53.1 Å². The van der Waals surface area contributed by atoms with Gasteiger partial charge >= 0.3 is 0 Å². The summed E-state index contributed by atoms with van der Waals surface area (Å²) >= 11 is 0. The van der Waals surface area contributed by atoms with Gasteiger partial charge in [0.15, 0.2) is 5.82 Å². The summed E-state index contributed by atoms with van der Waals surface area (Å²) < 4.78 is 7.44. The van der Waals surface area contributed by atoms with Crippen LogP contribution in [-0.2, 0) is 11.5 Å². The highest BCUT2D eigenvalue weighted by Crippen LogP contribution is 2.29. The van der Waals surface area contributed by atoms with E-state index in [0.717, 1.165) is 23.4 Å². The van der Waals surface area contributed by atoms with Crippen molar-refractivity contribution in [2.75, 3.05) is 12.3 Å². The minimum atomic E-state index is 0.494. The number of rotatable bonds is 4. The first-order chi connectivity index (χ1) is 7.84. The zero-order valence-electron chi connectivity index (χ0n) is 9.10. The molecule has 1 aliphatic carbocycles. The molecule has 1 aliphatic rings. The smallest absolute Gasteiger partial charge is 0.153 e. The highest BCUT2D eigenvalue weighted by molar-refractivity contribution is 5.88. The van der Waals surface area contributed by atoms with Gasteiger partial charge in [0.1, 0.15) is 6.73 Å². The van der Waals surface area contributed by atoms with E-state index >= 15 is 0 Å². The number of aromatic nitrogens is 2. The van der Waals surface area contributed by atoms with E-state index in [1.54, 1.807) is 0 Å². The third kappa shape index (κ3) is 1.76. The molecule has 1 aromatic heterocycles. The van der Waals surface area contributed by atoms with Crippen LogP contribution in [0.15, 0.2) is 24.3 Å². The number of nitrogens with two attached hydrogens (primary N) is 1. The van der Waals surface area contributed by atoms with Crippen LogP contribution in [0.3, 0.4) is 0 Å². The number of benzene rings is 1. The van der Waals surface area contributed by atoms with Gasteiger partial charge < -0.3 is 10.5 Å². The third-order valence-corrected chi connectivity index (χ3v) is 2.95. The number of para-hydroxylation sites is 1. The molecule has 0 aliphatic heterocycles. The molecule has 2 N–H and O–H groups in total. The van der Waals surface area contributed by atoms with Crippen LogP contribution in [0.5, 0.6) is 0 Å². The Bertz CT molecular complexity index is 502. The number of fused-ring (bicyclic) bond motifs is 1. The first kappa shape index (κ1) is 9.66. The van der Waals surface area contributed by atoms with Crippen LogP contribution in [0.4, 0.5) is 5.82 Å². The summed E-state index contributed by atoms with van der Waals surface area (Å²) in [5.41, 5.74) is 6.87. The second-order valence-corrected chi connectivity index (χ2v) is 4.35. The summed E-state index contributed by atoms with van der Waals surface area (Å²) in [6.45, 7) is 1.34. The number of nitrogens with zero attached hydrogens (tertiary/aromatic N) is 2. The molecule has 0 saturated heterocycles. The van der Waals surface area contributed by atoms with Gasteiger partial charge in [-0.2, -0.15) is 5.10 Å². The largest absolute Gasteiger partial charge is 0.382 e. The first-order valence-corrected chi connectivity index (χ1v) is 5.63. The van der Waals surface area contributed by atoms with Crippen molar-refractivity contribution in [2.24, 2.45) is 5.92 Å². The molecule has 1 saturated carbocycles. The number of hydrogen-bond acceptors (Lipinski definition) is 3. The minimum Gasteiger partial charge on any atom is -0.382 e. The molecule has 0 radical (unpaired) electrons. The highest BCUT2D eigenvalue weighted by atomic mass is 16.5. The van der Waals surface area contributed by atoms with Gasteiger partial charge in [0.05, 0.1) is 12.1 Å². The summed E-state index contributed by atoms with van der Waals surface area (Å²) in [5, 5.41) is 5.27. The predicted octanol–water partition coefficient (Wildman–Crippen LogP) is 2.00. The molecule has 4 heteroatoms. The molecule has 0 amide bonds. The third-order valence-electron chi connectivity index (χ3n) is 2.95. The quantitative estimate of drug-likeness (QED) is 0.852. The zero-order valence-corrected chi connectivity index (χ0v) is 9.10. The van der Waals surface area contributed by atoms with Crippen LogP contribution in [0.2, 0.25) is 0 Å². The van der Waals surface area contributed by atoms with Crippen LogP contribution in [0.1, 0.15) is 12.8 Å². The number of anilines is 1. The lowest BCUT2D eigenvalue weighted by Crippen LogP contribution is -2.06. The van der Waals surface area contributed by atoms with Crippen LogP contribution < -0.4 is 5.73 Å². The van der Waals surface area contributed by atoms with Crippen molar-refractivity contribution in [3.05, 3.63) is 24.3 Å². The molecule has 4 nitrogen and oxygen atoms in total. The van der Waals surface area contributed by atoms with Crippen molar-refractivity contribution < 1.29 is 4.74 Å². The predicted molar refractivity (Wildman–Crippen MR) is 62.8 cm³/mol. The van der Waals surface area contributed by atoms with Gasteiger partial charge in [-0.15, -0.1) is 0 Å². The van der Waals surface area contributed by atoms with E-state index in [2.05, 4.69) is 5.10 Å². The Hall–Kier alpha value is -1.55. The van der Waals surface area contributed by atoms with Gasteiger partial charge in [-0.05, 0) is 30.9 Å². The molecule has 1 aromatic carbocycles. The van der Waals surface area contributed by atoms with E-state index in [4.69, 9.17) is 10.5 Å². The second kappa shape index (κ2) is 3.79. The van der Waals surface area contributed by atoms with Gasteiger partial charge in [-0.25, -0.2) is 4.68 Å². The Labute approximate surface area is 94.0 Å². The lowest BCUT2D eigenvalue weighted by atomic mass is 10.2. The summed E-state index contributed by atoms with van der Waals surface area (Å²) in [5.74, 6) is 1.35. The van der Waals surface area contributed by atoms with Crippen LogP contribution in [0.25, 0.3) is 10.9 Å². The van der Waals surface area contributed by atoms with Crippen LogP contribution in [0, 0.1) is 5.92 Å². The molecule has 1 heterocycles. The van der Waals surface area contributed by atoms with E-state index in [1.807, 2.05) is 28.9 Å². The number of ether oxygens (including phenoxy) is 1. The minimum absolute atomic E-state index is 0.494. The molecular formula is C12H15N3O. The molecule has 2 aromatic rings. The Morgan fingerprint density at radius 2 is 2.19 bits per heavy atom. The maximum absolute atomic E-state index is 5.83. The Balaban J connectivity index is 1.79. The molecule has 1 fully saturated rings. The summed E-state index contributed by atoms with van der Waals surface area (Å²) in [6, 6.07) is 7.95. The number of nitrogen functional groups attached to an aromatic ring is 1. The monoisotopic (exact) mass is 217 g/mol. The Morgan fingerprint density at radius 1 is 1.38 bits per heavy atom. The fraction of sp³-hybridized carbons (Fsp3) is 0.417. The van der Waals surface area contributed by atoms with Gasteiger partial charge in [0.25, 0.3) is 0 Å². The van der Waals surface area contributed by atoms with Gasteiger partial charge in [-0.1, -0.05) is 12.1 Å². The molecule has 16 heavy (non-hydrogen) atoms. The highest BCUT2D eigenvalue weighted by Gasteiger charge is 2.21. The molecule has 3 rings (SSSR count). The van der Waals surface area contributed by atoms with Crippen molar-refractivity contribution >= 4 is 16.7 Å². The van der Waals surface area contributed by atoms with E-state index in [1.165, 1.54) is 12.8 Å². The van der Waals surface area contributed by atoms with Crippen molar-refractivity contribution in [3.63, 3.8) is 0 Å². The normalized spacial score (nSPS) is 15.8. The zero-order chi connectivity index (χ0) is 11.0. The average Bonchev–Trinajstić information content (AvgIpc) is 3.06. The van der Waals surface area contributed by atoms with E-state index in [9.17, 15) is 0 Å². The Morgan fingerprint density at radius 3 is 3.00 bits per heavy atom. The molecule has 0 unspecified atom stereocenters. The van der Waals surface area contributed by atoms with Gasteiger partial charge in [0.2, 0.25) is 0 Å². The summed E-state index contributed by atoms with van der Waals surface area (Å²) in [7, 11) is 0. The maximum Gasteiger partial charge on any atom is 0.153 e. The van der Waals surface area contributed by atoms with E-state index in [-0.39, 0.29) is 0 Å². The number of hydrogen-bond donors (Lipinski definition) is 1. The fourth-order valence-corrected chi connectivity index (χ4v) is 1.84. The van der Waals surface area contributed by atoms with Crippen LogP contribution >= 0.6 is 0 Å². The summed E-state index contributed by atoms with van der Waals surface area (Å²) in [4.78, 5) is 0. The fourth-order valence-electron chi connectivity index (χ4n) is 1.84. The SMILES string of the molecule is Nc1nn(COCC2CC2)c2ccccc12. The van der Waals surface area contributed by atoms with E-state index in [0.29, 0.717) is 12.5 Å².